The van der Waals surface area contributed by atoms with Crippen LogP contribution in [0.5, 0.6) is 11.5 Å². The second kappa shape index (κ2) is 10.7. The van der Waals surface area contributed by atoms with Gasteiger partial charge in [0.25, 0.3) is 0 Å². The fraction of sp³-hybridized carbons (Fsp3) is 0.226. The zero-order valence-corrected chi connectivity index (χ0v) is 20.3. The van der Waals surface area contributed by atoms with Gasteiger partial charge in [-0.05, 0) is 57.6 Å². The van der Waals surface area contributed by atoms with E-state index in [0.29, 0.717) is 11.5 Å². The predicted octanol–water partition coefficient (Wildman–Crippen LogP) is 3.51. The Bertz CT molecular complexity index is 1260. The summed E-state index contributed by atoms with van der Waals surface area (Å²) < 4.78 is 11.7. The van der Waals surface area contributed by atoms with Gasteiger partial charge in [-0.3, -0.25) is 0 Å². The van der Waals surface area contributed by atoms with Crippen LogP contribution in [0.2, 0.25) is 0 Å². The smallest absolute Gasteiger partial charge is 0.119 e. The molecule has 0 saturated heterocycles. The van der Waals surface area contributed by atoms with E-state index in [0.717, 1.165) is 33.4 Å². The van der Waals surface area contributed by atoms with Gasteiger partial charge in [0.2, 0.25) is 0 Å². The van der Waals surface area contributed by atoms with Crippen LogP contribution in [0.15, 0.2) is 97.1 Å². The largest absolute Gasteiger partial charge is 0.491 e. The highest BCUT2D eigenvalue weighted by molar-refractivity contribution is 5.86. The van der Waals surface area contributed by atoms with E-state index in [4.69, 9.17) is 9.47 Å². The molecule has 4 aromatic rings. The maximum atomic E-state index is 9.80. The number of ether oxygens (including phenoxy) is 2. The van der Waals surface area contributed by atoms with E-state index in [1.165, 1.54) is 0 Å². The molecule has 0 fully saturated rings. The Morgan fingerprint density at radius 3 is 1.43 bits per heavy atom. The lowest BCUT2D eigenvalue weighted by atomic mass is 9.67. The van der Waals surface area contributed by atoms with Gasteiger partial charge < -0.3 is 29.9 Å². The van der Waals surface area contributed by atoms with Crippen molar-refractivity contribution in [2.24, 2.45) is 0 Å². The van der Waals surface area contributed by atoms with Crippen molar-refractivity contribution in [3.63, 3.8) is 0 Å². The summed E-state index contributed by atoms with van der Waals surface area (Å²) in [7, 11) is 0. The number of benzene rings is 4. The molecular formula is C31H30O6. The predicted molar refractivity (Wildman–Crippen MR) is 141 cm³/mol. The fourth-order valence-electron chi connectivity index (χ4n) is 5.15. The Kier molecular flexibility index (Phi) is 7.26. The molecule has 0 spiro atoms. The Morgan fingerprint density at radius 2 is 1.00 bits per heavy atom. The van der Waals surface area contributed by atoms with Crippen molar-refractivity contribution in [2.45, 2.75) is 17.6 Å². The SMILES string of the molecule is OCC(O)COc1cccc(C2(c3cccc(OCC(O)CO)c3)c3ccccc3-c3ccccc32)c1. The third-order valence-corrected chi connectivity index (χ3v) is 6.79. The molecule has 6 heteroatoms. The van der Waals surface area contributed by atoms with E-state index in [-0.39, 0.29) is 26.4 Å². The van der Waals surface area contributed by atoms with Crippen molar-refractivity contribution in [3.8, 4) is 22.6 Å². The van der Waals surface area contributed by atoms with Gasteiger partial charge in [0.1, 0.15) is 36.9 Å². The molecule has 0 aromatic heterocycles. The zero-order valence-electron chi connectivity index (χ0n) is 20.3. The summed E-state index contributed by atoms with van der Waals surface area (Å²) in [4.78, 5) is 0. The van der Waals surface area contributed by atoms with Crippen LogP contribution in [-0.4, -0.2) is 59.1 Å². The van der Waals surface area contributed by atoms with E-state index < -0.39 is 17.6 Å². The molecule has 1 aliphatic carbocycles. The van der Waals surface area contributed by atoms with Crippen LogP contribution in [0.3, 0.4) is 0 Å². The lowest BCUT2D eigenvalue weighted by Gasteiger charge is -2.34. The molecular weight excluding hydrogens is 468 g/mol. The second-order valence-corrected chi connectivity index (χ2v) is 9.19. The first-order valence-corrected chi connectivity index (χ1v) is 12.3. The van der Waals surface area contributed by atoms with Gasteiger partial charge in [0, 0.05) is 0 Å². The highest BCUT2D eigenvalue weighted by Crippen LogP contribution is 2.56. The third kappa shape index (κ3) is 4.61. The van der Waals surface area contributed by atoms with E-state index in [2.05, 4.69) is 36.4 Å². The second-order valence-electron chi connectivity index (χ2n) is 9.19. The maximum absolute atomic E-state index is 9.80. The van der Waals surface area contributed by atoms with Crippen LogP contribution in [0.1, 0.15) is 22.3 Å². The normalized spacial score (nSPS) is 14.9. The number of aliphatic hydroxyl groups is 4. The standard InChI is InChI=1S/C31H30O6/c32-17-23(34)19-36-25-9-5-7-21(15-25)31(22-8-6-10-26(16-22)37-20-24(35)18-33)29-13-3-1-11-27(29)28-12-2-4-14-30(28)31/h1-16,23-24,32-35H,17-20H2. The average Bonchev–Trinajstić information content (AvgIpc) is 3.26. The van der Waals surface area contributed by atoms with Crippen molar-refractivity contribution >= 4 is 0 Å². The van der Waals surface area contributed by atoms with Crippen molar-refractivity contribution < 1.29 is 29.9 Å². The Hall–Kier alpha value is -3.68. The first-order valence-electron chi connectivity index (χ1n) is 12.3. The summed E-state index contributed by atoms with van der Waals surface area (Å²) in [6, 6.07) is 32.3. The molecule has 5 rings (SSSR count). The van der Waals surface area contributed by atoms with Crippen LogP contribution in [0, 0.1) is 0 Å². The molecule has 0 saturated carbocycles. The first kappa shape index (κ1) is 25.0. The molecule has 2 atom stereocenters. The van der Waals surface area contributed by atoms with E-state index in [1.807, 2.05) is 60.7 Å². The van der Waals surface area contributed by atoms with Crippen molar-refractivity contribution in [3.05, 3.63) is 119 Å². The molecule has 0 radical (unpaired) electrons. The van der Waals surface area contributed by atoms with Crippen molar-refractivity contribution in [2.75, 3.05) is 26.4 Å². The van der Waals surface area contributed by atoms with Crippen LogP contribution < -0.4 is 9.47 Å². The maximum Gasteiger partial charge on any atom is 0.119 e. The molecule has 0 bridgehead atoms. The molecule has 37 heavy (non-hydrogen) atoms. The molecule has 1 aliphatic rings. The van der Waals surface area contributed by atoms with Gasteiger partial charge in [0.05, 0.1) is 18.6 Å². The number of rotatable bonds is 10. The average molecular weight is 499 g/mol. The summed E-state index contributed by atoms with van der Waals surface area (Å²) in [5.41, 5.74) is 5.80. The molecule has 0 heterocycles. The lowest BCUT2D eigenvalue weighted by Crippen LogP contribution is -2.29. The summed E-state index contributed by atoms with van der Waals surface area (Å²) in [6.07, 6.45) is -1.93. The number of hydrogen-bond donors (Lipinski definition) is 4. The van der Waals surface area contributed by atoms with Gasteiger partial charge in [-0.2, -0.15) is 0 Å². The van der Waals surface area contributed by atoms with Gasteiger partial charge in [-0.1, -0.05) is 72.8 Å². The summed E-state index contributed by atoms with van der Waals surface area (Å²) in [5.74, 6) is 1.18. The van der Waals surface area contributed by atoms with Crippen LogP contribution in [0.25, 0.3) is 11.1 Å². The number of aliphatic hydroxyl groups excluding tert-OH is 4. The van der Waals surface area contributed by atoms with Crippen LogP contribution in [-0.2, 0) is 5.41 Å². The molecule has 4 N–H and O–H groups in total. The minimum absolute atomic E-state index is 0.0172. The summed E-state index contributed by atoms with van der Waals surface area (Å²) in [6.45, 7) is -0.780. The van der Waals surface area contributed by atoms with Gasteiger partial charge in [-0.25, -0.2) is 0 Å². The van der Waals surface area contributed by atoms with Crippen molar-refractivity contribution in [1.29, 1.82) is 0 Å². The molecule has 190 valence electrons. The highest BCUT2D eigenvalue weighted by atomic mass is 16.5. The Morgan fingerprint density at radius 1 is 0.568 bits per heavy atom. The Labute approximate surface area is 216 Å². The number of fused-ring (bicyclic) bond motifs is 3. The van der Waals surface area contributed by atoms with Gasteiger partial charge in [-0.15, -0.1) is 0 Å². The quantitative estimate of drug-likeness (QED) is 0.235. The highest BCUT2D eigenvalue weighted by Gasteiger charge is 2.46. The summed E-state index contributed by atoms with van der Waals surface area (Å²) >= 11 is 0. The van der Waals surface area contributed by atoms with Crippen molar-refractivity contribution in [1.82, 2.24) is 0 Å². The van der Waals surface area contributed by atoms with Gasteiger partial charge >= 0.3 is 0 Å². The summed E-state index contributed by atoms with van der Waals surface area (Å²) in [5, 5.41) is 38.0. The van der Waals surface area contributed by atoms with Crippen LogP contribution >= 0.6 is 0 Å². The topological polar surface area (TPSA) is 99.4 Å². The fourth-order valence-corrected chi connectivity index (χ4v) is 5.15. The zero-order chi connectivity index (χ0) is 25.8. The molecule has 0 amide bonds. The van der Waals surface area contributed by atoms with Crippen LogP contribution in [0.4, 0.5) is 0 Å². The van der Waals surface area contributed by atoms with E-state index in [9.17, 15) is 20.4 Å². The monoisotopic (exact) mass is 498 g/mol. The molecule has 6 nitrogen and oxygen atoms in total. The first-order chi connectivity index (χ1) is 18.1. The lowest BCUT2D eigenvalue weighted by molar-refractivity contribution is 0.0535. The minimum atomic E-state index is -0.964. The molecule has 4 aromatic carbocycles. The third-order valence-electron chi connectivity index (χ3n) is 6.79. The molecule has 0 aliphatic heterocycles. The Balaban J connectivity index is 1.70. The van der Waals surface area contributed by atoms with E-state index in [1.54, 1.807) is 0 Å². The van der Waals surface area contributed by atoms with E-state index >= 15 is 0 Å². The minimum Gasteiger partial charge on any atom is -0.491 e. The number of hydrogen-bond acceptors (Lipinski definition) is 6. The van der Waals surface area contributed by atoms with Gasteiger partial charge in [0.15, 0.2) is 0 Å². The molecule has 2 unspecified atom stereocenters.